The standard InChI is InChI=1S/C16H17N2O.HI/c1-13(17-15-8-4-3-5-9-15)11-16(19)14-7-6-10-18(2)12-14;/h3-10,12H,11H2,1-2H3;1H/q+1;/p-1. The molecule has 0 radical (unpaired) electrons. The normalized spacial score (nSPS) is 10.8. The van der Waals surface area contributed by atoms with Crippen molar-refractivity contribution < 1.29 is 33.3 Å². The van der Waals surface area contributed by atoms with Crippen LogP contribution in [0.4, 0.5) is 5.69 Å². The lowest BCUT2D eigenvalue weighted by Gasteiger charge is -2.00. The van der Waals surface area contributed by atoms with E-state index in [0.717, 1.165) is 11.4 Å². The number of hydrogen-bond donors (Lipinski definition) is 0. The fourth-order valence-corrected chi connectivity index (χ4v) is 1.85. The Labute approximate surface area is 136 Å². The van der Waals surface area contributed by atoms with Gasteiger partial charge in [-0.15, -0.1) is 0 Å². The van der Waals surface area contributed by atoms with Gasteiger partial charge in [0.15, 0.2) is 18.2 Å². The van der Waals surface area contributed by atoms with Crippen molar-refractivity contribution in [3.63, 3.8) is 0 Å². The number of halogens is 1. The summed E-state index contributed by atoms with van der Waals surface area (Å²) < 4.78 is 1.87. The van der Waals surface area contributed by atoms with Gasteiger partial charge < -0.3 is 24.0 Å². The highest BCUT2D eigenvalue weighted by atomic mass is 127. The first-order valence-corrected chi connectivity index (χ1v) is 6.23. The molecule has 0 atom stereocenters. The van der Waals surface area contributed by atoms with Crippen molar-refractivity contribution in [3.05, 3.63) is 60.4 Å². The second-order valence-corrected chi connectivity index (χ2v) is 4.54. The van der Waals surface area contributed by atoms with E-state index in [0.29, 0.717) is 12.0 Å². The van der Waals surface area contributed by atoms with Crippen LogP contribution >= 0.6 is 0 Å². The fourth-order valence-electron chi connectivity index (χ4n) is 1.85. The largest absolute Gasteiger partial charge is 1.00 e. The Balaban J connectivity index is 0.00000200. The summed E-state index contributed by atoms with van der Waals surface area (Å²) in [6, 6.07) is 13.4. The first-order valence-electron chi connectivity index (χ1n) is 6.23. The highest BCUT2D eigenvalue weighted by molar-refractivity contribution is 6.09. The van der Waals surface area contributed by atoms with Gasteiger partial charge in [0.25, 0.3) is 0 Å². The predicted molar refractivity (Wildman–Crippen MR) is 75.8 cm³/mol. The van der Waals surface area contributed by atoms with E-state index in [1.165, 1.54) is 0 Å². The Bertz CT molecular complexity index is 609. The Kier molecular flexibility index (Phi) is 6.51. The fraction of sp³-hybridized carbons (Fsp3) is 0.188. The van der Waals surface area contributed by atoms with Crippen LogP contribution in [0.5, 0.6) is 0 Å². The number of aryl methyl sites for hydroxylation is 1. The van der Waals surface area contributed by atoms with Gasteiger partial charge in [0.2, 0.25) is 0 Å². The van der Waals surface area contributed by atoms with E-state index in [9.17, 15) is 4.79 Å². The molecule has 20 heavy (non-hydrogen) atoms. The van der Waals surface area contributed by atoms with Crippen molar-refractivity contribution in [2.45, 2.75) is 13.3 Å². The molecule has 0 aliphatic heterocycles. The van der Waals surface area contributed by atoms with Gasteiger partial charge in [-0.25, -0.2) is 4.57 Å². The number of aliphatic imine (C=N–C) groups is 1. The van der Waals surface area contributed by atoms with Crippen molar-refractivity contribution in [1.82, 2.24) is 0 Å². The van der Waals surface area contributed by atoms with E-state index in [1.807, 2.05) is 73.4 Å². The van der Waals surface area contributed by atoms with Gasteiger partial charge >= 0.3 is 0 Å². The Morgan fingerprint density at radius 3 is 2.50 bits per heavy atom. The maximum atomic E-state index is 12.1. The highest BCUT2D eigenvalue weighted by Gasteiger charge is 2.10. The molecule has 0 amide bonds. The molecule has 1 aromatic carbocycles. The van der Waals surface area contributed by atoms with Crippen LogP contribution in [0.25, 0.3) is 0 Å². The summed E-state index contributed by atoms with van der Waals surface area (Å²) in [4.78, 5) is 16.5. The number of carbonyl (C=O) groups is 1. The smallest absolute Gasteiger partial charge is 0.179 e. The van der Waals surface area contributed by atoms with Crippen LogP contribution in [0.15, 0.2) is 59.9 Å². The molecule has 1 aromatic heterocycles. The van der Waals surface area contributed by atoms with E-state index in [4.69, 9.17) is 0 Å². The molecule has 2 rings (SSSR count). The first kappa shape index (κ1) is 16.5. The second kappa shape index (κ2) is 7.89. The maximum Gasteiger partial charge on any atom is 0.179 e. The van der Waals surface area contributed by atoms with Gasteiger partial charge in [0.05, 0.1) is 11.3 Å². The predicted octanol–water partition coefficient (Wildman–Crippen LogP) is -0.120. The number of pyridine rings is 1. The molecule has 4 heteroatoms. The van der Waals surface area contributed by atoms with Crippen molar-refractivity contribution in [1.29, 1.82) is 0 Å². The minimum atomic E-state index is 0. The van der Waals surface area contributed by atoms with Crippen LogP contribution < -0.4 is 28.5 Å². The highest BCUT2D eigenvalue weighted by Crippen LogP contribution is 2.12. The van der Waals surface area contributed by atoms with Crippen LogP contribution in [-0.2, 0) is 7.05 Å². The number of carbonyl (C=O) groups excluding carboxylic acids is 1. The molecule has 0 aliphatic rings. The number of ketones is 1. The van der Waals surface area contributed by atoms with Crippen LogP contribution in [0.1, 0.15) is 23.7 Å². The molecule has 0 aliphatic carbocycles. The number of para-hydroxylation sites is 1. The molecule has 0 saturated heterocycles. The zero-order valence-corrected chi connectivity index (χ0v) is 13.7. The zero-order chi connectivity index (χ0) is 13.7. The average Bonchev–Trinajstić information content (AvgIpc) is 2.39. The van der Waals surface area contributed by atoms with E-state index < -0.39 is 0 Å². The van der Waals surface area contributed by atoms with Gasteiger partial charge in [0.1, 0.15) is 7.05 Å². The SMILES string of the molecule is CC(CC(=O)c1ccc[n+](C)c1)=Nc1ccccc1.[I-]. The molecular formula is C16H17IN2O. The van der Waals surface area contributed by atoms with Gasteiger partial charge in [-0.1, -0.05) is 18.2 Å². The van der Waals surface area contributed by atoms with Gasteiger partial charge in [0, 0.05) is 18.2 Å². The third kappa shape index (κ3) is 4.85. The summed E-state index contributed by atoms with van der Waals surface area (Å²) in [5, 5.41) is 0. The Morgan fingerprint density at radius 1 is 1.15 bits per heavy atom. The molecule has 1 heterocycles. The third-order valence-corrected chi connectivity index (χ3v) is 2.75. The average molecular weight is 380 g/mol. The van der Waals surface area contributed by atoms with Crippen molar-refractivity contribution in [2.24, 2.45) is 12.0 Å². The van der Waals surface area contributed by atoms with Gasteiger partial charge in [-0.05, 0) is 25.1 Å². The molecule has 0 saturated carbocycles. The lowest BCUT2D eigenvalue weighted by atomic mass is 10.1. The summed E-state index contributed by atoms with van der Waals surface area (Å²) in [5.74, 6) is 0.0911. The maximum absolute atomic E-state index is 12.1. The van der Waals surface area contributed by atoms with Crippen LogP contribution in [0.2, 0.25) is 0 Å². The molecule has 0 spiro atoms. The van der Waals surface area contributed by atoms with Crippen molar-refractivity contribution in [2.75, 3.05) is 0 Å². The second-order valence-electron chi connectivity index (χ2n) is 4.54. The summed E-state index contributed by atoms with van der Waals surface area (Å²) in [6.07, 6.45) is 4.08. The lowest BCUT2D eigenvalue weighted by Crippen LogP contribution is -3.00. The Hall–Kier alpha value is -1.56. The molecular weight excluding hydrogens is 363 g/mol. The zero-order valence-electron chi connectivity index (χ0n) is 11.6. The van der Waals surface area contributed by atoms with Crippen LogP contribution in [0, 0.1) is 0 Å². The molecule has 0 unspecified atom stereocenters. The molecule has 3 nitrogen and oxygen atoms in total. The minimum absolute atomic E-state index is 0. The Morgan fingerprint density at radius 2 is 1.85 bits per heavy atom. The summed E-state index contributed by atoms with van der Waals surface area (Å²) >= 11 is 0. The van der Waals surface area contributed by atoms with Crippen molar-refractivity contribution in [3.8, 4) is 0 Å². The number of benzene rings is 1. The topological polar surface area (TPSA) is 33.3 Å². The van der Waals surface area contributed by atoms with E-state index >= 15 is 0 Å². The quantitative estimate of drug-likeness (QED) is 0.315. The summed E-state index contributed by atoms with van der Waals surface area (Å²) in [5.41, 5.74) is 2.42. The summed E-state index contributed by atoms with van der Waals surface area (Å²) in [7, 11) is 1.90. The number of nitrogens with zero attached hydrogens (tertiary/aromatic N) is 2. The molecule has 104 valence electrons. The summed E-state index contributed by atoms with van der Waals surface area (Å²) in [6.45, 7) is 1.88. The molecule has 0 N–H and O–H groups in total. The van der Waals surface area contributed by atoms with Crippen molar-refractivity contribution >= 4 is 17.2 Å². The van der Waals surface area contributed by atoms with Gasteiger partial charge in [-0.2, -0.15) is 0 Å². The van der Waals surface area contributed by atoms with Gasteiger partial charge in [-0.3, -0.25) is 9.79 Å². The van der Waals surface area contributed by atoms with E-state index in [2.05, 4.69) is 4.99 Å². The number of rotatable bonds is 4. The number of aromatic nitrogens is 1. The third-order valence-electron chi connectivity index (χ3n) is 2.75. The molecule has 0 bridgehead atoms. The van der Waals surface area contributed by atoms with Crippen LogP contribution in [0.3, 0.4) is 0 Å². The minimum Gasteiger partial charge on any atom is -1.00 e. The monoisotopic (exact) mass is 380 g/mol. The number of hydrogen-bond acceptors (Lipinski definition) is 2. The van der Waals surface area contributed by atoms with Crippen LogP contribution in [-0.4, -0.2) is 11.5 Å². The number of Topliss-reactive ketones (excluding diaryl/α,β-unsaturated/α-hetero) is 1. The molecule has 2 aromatic rings. The molecule has 0 fully saturated rings. The van der Waals surface area contributed by atoms with E-state index in [-0.39, 0.29) is 29.8 Å². The lowest BCUT2D eigenvalue weighted by molar-refractivity contribution is -0.671. The first-order chi connectivity index (χ1) is 9.15. The van der Waals surface area contributed by atoms with E-state index in [1.54, 1.807) is 0 Å².